The van der Waals surface area contributed by atoms with Crippen LogP contribution in [-0.2, 0) is 13.0 Å². The lowest BCUT2D eigenvalue weighted by Gasteiger charge is -2.17. The summed E-state index contributed by atoms with van der Waals surface area (Å²) in [4.78, 5) is 11.4. The lowest BCUT2D eigenvalue weighted by atomic mass is 9.98. The van der Waals surface area contributed by atoms with Crippen molar-refractivity contribution in [3.05, 3.63) is 22.8 Å². The summed E-state index contributed by atoms with van der Waals surface area (Å²) in [6.45, 7) is 11.7. The molecule has 0 amide bonds. The van der Waals surface area contributed by atoms with Crippen LogP contribution in [0, 0.1) is 19.8 Å². The van der Waals surface area contributed by atoms with Gasteiger partial charge < -0.3 is 10.2 Å². The minimum Gasteiger partial charge on any atom is -0.316 e. The molecule has 1 heterocycles. The van der Waals surface area contributed by atoms with Crippen LogP contribution in [0.25, 0.3) is 0 Å². The average molecular weight is 278 g/mol. The Morgan fingerprint density at radius 3 is 2.25 bits per heavy atom. The van der Waals surface area contributed by atoms with E-state index in [9.17, 15) is 0 Å². The molecule has 0 aromatic carbocycles. The van der Waals surface area contributed by atoms with Gasteiger partial charge in [-0.25, -0.2) is 9.97 Å². The van der Waals surface area contributed by atoms with Crippen molar-refractivity contribution in [2.75, 3.05) is 27.2 Å². The third-order valence-electron chi connectivity index (χ3n) is 3.40. The van der Waals surface area contributed by atoms with E-state index in [-0.39, 0.29) is 0 Å². The molecular weight excluding hydrogens is 248 g/mol. The van der Waals surface area contributed by atoms with Crippen molar-refractivity contribution < 1.29 is 0 Å². The quantitative estimate of drug-likeness (QED) is 0.741. The molecule has 0 saturated heterocycles. The van der Waals surface area contributed by atoms with E-state index in [0.29, 0.717) is 5.92 Å². The summed E-state index contributed by atoms with van der Waals surface area (Å²) in [5.74, 6) is 1.53. The first kappa shape index (κ1) is 17.1. The average Bonchev–Trinajstić information content (AvgIpc) is 2.33. The lowest BCUT2D eigenvalue weighted by molar-refractivity contribution is 0.389. The molecule has 0 aliphatic carbocycles. The van der Waals surface area contributed by atoms with Crippen molar-refractivity contribution in [3.63, 3.8) is 0 Å². The Balaban J connectivity index is 2.70. The predicted molar refractivity (Wildman–Crippen MR) is 84.9 cm³/mol. The van der Waals surface area contributed by atoms with Crippen molar-refractivity contribution in [2.24, 2.45) is 5.92 Å². The molecule has 0 aliphatic rings. The summed E-state index contributed by atoms with van der Waals surface area (Å²) in [6, 6.07) is 0. The topological polar surface area (TPSA) is 41.1 Å². The molecule has 0 bridgehead atoms. The Hall–Kier alpha value is -1.00. The van der Waals surface area contributed by atoms with Crippen LogP contribution in [0.1, 0.15) is 43.0 Å². The second kappa shape index (κ2) is 8.32. The van der Waals surface area contributed by atoms with E-state index in [1.807, 2.05) is 14.1 Å². The third kappa shape index (κ3) is 5.55. The molecule has 0 spiro atoms. The molecule has 1 aromatic rings. The molecule has 0 fully saturated rings. The molecule has 4 heteroatoms. The highest BCUT2D eigenvalue weighted by molar-refractivity contribution is 5.25. The summed E-state index contributed by atoms with van der Waals surface area (Å²) >= 11 is 0. The van der Waals surface area contributed by atoms with Crippen molar-refractivity contribution in [1.82, 2.24) is 20.2 Å². The molecule has 1 aromatic heterocycles. The smallest absolute Gasteiger partial charge is 0.142 e. The van der Waals surface area contributed by atoms with Gasteiger partial charge in [0.05, 0.1) is 6.54 Å². The summed E-state index contributed by atoms with van der Waals surface area (Å²) in [5, 5.41) is 3.48. The van der Waals surface area contributed by atoms with Crippen LogP contribution in [0.4, 0.5) is 0 Å². The van der Waals surface area contributed by atoms with E-state index in [1.165, 1.54) is 12.0 Å². The van der Waals surface area contributed by atoms with Crippen molar-refractivity contribution >= 4 is 0 Å². The molecule has 1 rings (SSSR count). The molecule has 1 unspecified atom stereocenters. The number of hydrogen-bond acceptors (Lipinski definition) is 4. The number of aromatic nitrogens is 2. The van der Waals surface area contributed by atoms with E-state index < -0.39 is 0 Å². The van der Waals surface area contributed by atoms with Crippen LogP contribution in [0.2, 0.25) is 0 Å². The summed E-state index contributed by atoms with van der Waals surface area (Å²) in [5.41, 5.74) is 3.59. The van der Waals surface area contributed by atoms with Gasteiger partial charge in [0.2, 0.25) is 0 Å². The second-order valence-corrected chi connectivity index (χ2v) is 6.04. The van der Waals surface area contributed by atoms with Gasteiger partial charge in [-0.3, -0.25) is 0 Å². The first-order chi connectivity index (χ1) is 9.43. The first-order valence-electron chi connectivity index (χ1n) is 7.62. The molecule has 114 valence electrons. The molecule has 0 radical (unpaired) electrons. The van der Waals surface area contributed by atoms with E-state index in [1.54, 1.807) is 0 Å². The Morgan fingerprint density at radius 1 is 1.15 bits per heavy atom. The predicted octanol–water partition coefficient (Wildman–Crippen LogP) is 2.33. The summed E-state index contributed by atoms with van der Waals surface area (Å²) in [6.07, 6.45) is 2.24. The van der Waals surface area contributed by atoms with Crippen LogP contribution in [0.5, 0.6) is 0 Å². The van der Waals surface area contributed by atoms with Gasteiger partial charge in [-0.2, -0.15) is 0 Å². The van der Waals surface area contributed by atoms with E-state index in [4.69, 9.17) is 0 Å². The standard InChI is InChI=1S/C16H30N4/c1-7-8-17-10-12(2)9-15-13(3)18-16(11-20(5)6)19-14(15)4/h12,17H,7-11H2,1-6H3. The molecule has 20 heavy (non-hydrogen) atoms. The van der Waals surface area contributed by atoms with Crippen LogP contribution < -0.4 is 5.32 Å². The molecule has 4 nitrogen and oxygen atoms in total. The maximum atomic E-state index is 4.65. The Bertz CT molecular complexity index is 392. The van der Waals surface area contributed by atoms with Gasteiger partial charge in [0.15, 0.2) is 0 Å². The highest BCUT2D eigenvalue weighted by atomic mass is 15.1. The number of nitrogens with zero attached hydrogens (tertiary/aromatic N) is 3. The molecule has 0 aliphatic heterocycles. The fraction of sp³-hybridized carbons (Fsp3) is 0.750. The number of nitrogens with one attached hydrogen (secondary N) is 1. The maximum absolute atomic E-state index is 4.65. The van der Waals surface area contributed by atoms with E-state index in [2.05, 4.69) is 47.9 Å². The van der Waals surface area contributed by atoms with Crippen LogP contribution in [-0.4, -0.2) is 42.1 Å². The van der Waals surface area contributed by atoms with Crippen molar-refractivity contribution in [1.29, 1.82) is 0 Å². The Morgan fingerprint density at radius 2 is 1.75 bits per heavy atom. The van der Waals surface area contributed by atoms with Crippen LogP contribution >= 0.6 is 0 Å². The van der Waals surface area contributed by atoms with Crippen molar-refractivity contribution in [3.8, 4) is 0 Å². The molecule has 0 saturated carbocycles. The molecular formula is C16H30N4. The highest BCUT2D eigenvalue weighted by Gasteiger charge is 2.12. The lowest BCUT2D eigenvalue weighted by Crippen LogP contribution is -2.24. The molecule has 1 N–H and O–H groups in total. The van der Waals surface area contributed by atoms with Gasteiger partial charge in [0, 0.05) is 11.4 Å². The zero-order valence-electron chi connectivity index (χ0n) is 14.0. The summed E-state index contributed by atoms with van der Waals surface area (Å²) < 4.78 is 0. The number of hydrogen-bond donors (Lipinski definition) is 1. The second-order valence-electron chi connectivity index (χ2n) is 6.04. The fourth-order valence-corrected chi connectivity index (χ4v) is 2.40. The number of aryl methyl sites for hydroxylation is 2. The monoisotopic (exact) mass is 278 g/mol. The Kier molecular flexibility index (Phi) is 7.10. The van der Waals surface area contributed by atoms with Gasteiger partial charge in [0.1, 0.15) is 5.82 Å². The van der Waals surface area contributed by atoms with Gasteiger partial charge >= 0.3 is 0 Å². The van der Waals surface area contributed by atoms with E-state index >= 15 is 0 Å². The zero-order chi connectivity index (χ0) is 15.1. The Labute approximate surface area is 124 Å². The van der Waals surface area contributed by atoms with Gasteiger partial charge in [0.25, 0.3) is 0 Å². The molecule has 1 atom stereocenters. The fourth-order valence-electron chi connectivity index (χ4n) is 2.40. The largest absolute Gasteiger partial charge is 0.316 e. The minimum atomic E-state index is 0.613. The normalized spacial score (nSPS) is 12.9. The van der Waals surface area contributed by atoms with Gasteiger partial charge in [-0.1, -0.05) is 13.8 Å². The number of rotatable bonds is 8. The van der Waals surface area contributed by atoms with Gasteiger partial charge in [-0.05, 0) is 65.4 Å². The van der Waals surface area contributed by atoms with Crippen LogP contribution in [0.15, 0.2) is 0 Å². The van der Waals surface area contributed by atoms with Crippen LogP contribution in [0.3, 0.4) is 0 Å². The zero-order valence-corrected chi connectivity index (χ0v) is 14.0. The van der Waals surface area contributed by atoms with Gasteiger partial charge in [-0.15, -0.1) is 0 Å². The highest BCUT2D eigenvalue weighted by Crippen LogP contribution is 2.15. The minimum absolute atomic E-state index is 0.613. The SMILES string of the molecule is CCCNCC(C)Cc1c(C)nc(CN(C)C)nc1C. The first-order valence-corrected chi connectivity index (χ1v) is 7.62. The van der Waals surface area contributed by atoms with E-state index in [0.717, 1.165) is 43.3 Å². The maximum Gasteiger partial charge on any atom is 0.142 e. The van der Waals surface area contributed by atoms with Crippen molar-refractivity contribution in [2.45, 2.75) is 47.1 Å². The third-order valence-corrected chi connectivity index (χ3v) is 3.40. The summed E-state index contributed by atoms with van der Waals surface area (Å²) in [7, 11) is 4.09.